The molecule has 0 aromatic carbocycles. The first-order chi connectivity index (χ1) is 11.8. The average molecular weight is 329 g/mol. The lowest BCUT2D eigenvalue weighted by Gasteiger charge is -2.34. The molecule has 4 rings (SSSR count). The van der Waals surface area contributed by atoms with Gasteiger partial charge in [0.1, 0.15) is 0 Å². The van der Waals surface area contributed by atoms with Crippen LogP contribution in [0.1, 0.15) is 31.2 Å². The summed E-state index contributed by atoms with van der Waals surface area (Å²) < 4.78 is 5.49. The van der Waals surface area contributed by atoms with Gasteiger partial charge in [0.25, 0.3) is 0 Å². The molecule has 1 aliphatic carbocycles. The summed E-state index contributed by atoms with van der Waals surface area (Å²) in [4.78, 5) is 21.8. The highest BCUT2D eigenvalue weighted by Crippen LogP contribution is 2.48. The number of aromatic nitrogens is 1. The van der Waals surface area contributed by atoms with E-state index in [1.807, 2.05) is 12.3 Å². The maximum atomic E-state index is 12.9. The van der Waals surface area contributed by atoms with Crippen LogP contribution in [0.5, 0.6) is 0 Å². The van der Waals surface area contributed by atoms with Gasteiger partial charge in [-0.05, 0) is 29.9 Å². The van der Waals surface area contributed by atoms with E-state index in [4.69, 9.17) is 4.74 Å². The van der Waals surface area contributed by atoms with E-state index in [1.165, 1.54) is 5.56 Å². The van der Waals surface area contributed by atoms with Crippen molar-refractivity contribution in [3.8, 4) is 0 Å². The van der Waals surface area contributed by atoms with E-state index in [9.17, 15) is 4.79 Å². The van der Waals surface area contributed by atoms with Gasteiger partial charge in [-0.2, -0.15) is 0 Å². The minimum absolute atomic E-state index is 0.176. The quantitative estimate of drug-likeness (QED) is 0.844. The highest BCUT2D eigenvalue weighted by Gasteiger charge is 2.48. The lowest BCUT2D eigenvalue weighted by molar-refractivity contribution is -0.132. The Morgan fingerprint density at radius 1 is 1.33 bits per heavy atom. The van der Waals surface area contributed by atoms with Gasteiger partial charge in [-0.25, -0.2) is 0 Å². The van der Waals surface area contributed by atoms with Gasteiger partial charge in [0.2, 0.25) is 5.91 Å². The zero-order chi connectivity index (χ0) is 16.5. The molecule has 1 aromatic rings. The lowest BCUT2D eigenvalue weighted by atomic mass is 9.99. The van der Waals surface area contributed by atoms with Gasteiger partial charge in [-0.15, -0.1) is 0 Å². The number of hydrogen-bond acceptors (Lipinski definition) is 4. The maximum absolute atomic E-state index is 12.9. The summed E-state index contributed by atoms with van der Waals surface area (Å²) in [5, 5.41) is 0. The van der Waals surface area contributed by atoms with Crippen molar-refractivity contribution in [3.05, 3.63) is 30.1 Å². The Morgan fingerprint density at radius 3 is 2.88 bits per heavy atom. The van der Waals surface area contributed by atoms with Gasteiger partial charge in [0, 0.05) is 50.5 Å². The van der Waals surface area contributed by atoms with E-state index in [-0.39, 0.29) is 5.92 Å². The molecule has 0 radical (unpaired) electrons. The number of likely N-dealkylation sites (tertiary alicyclic amines) is 1. The predicted molar refractivity (Wildman–Crippen MR) is 91.6 cm³/mol. The van der Waals surface area contributed by atoms with Gasteiger partial charge in [-0.3, -0.25) is 14.7 Å². The Hall–Kier alpha value is -1.46. The van der Waals surface area contributed by atoms with Gasteiger partial charge in [0.05, 0.1) is 13.2 Å². The molecule has 5 nitrogen and oxygen atoms in total. The molecule has 1 saturated carbocycles. The minimum Gasteiger partial charge on any atom is -0.379 e. The number of amides is 1. The molecular weight excluding hydrogens is 302 g/mol. The fraction of sp³-hybridized carbons (Fsp3) is 0.684. The third-order valence-corrected chi connectivity index (χ3v) is 5.98. The van der Waals surface area contributed by atoms with Crippen LogP contribution < -0.4 is 0 Å². The molecule has 2 aliphatic heterocycles. The van der Waals surface area contributed by atoms with Crippen LogP contribution in [-0.4, -0.2) is 66.1 Å². The summed E-state index contributed by atoms with van der Waals surface area (Å²) in [5.41, 5.74) is 1.21. The first-order valence-electron chi connectivity index (χ1n) is 9.28. The summed E-state index contributed by atoms with van der Waals surface area (Å²) in [6.45, 7) is 7.73. The number of hydrogen-bond donors (Lipinski definition) is 0. The fourth-order valence-corrected chi connectivity index (χ4v) is 4.42. The summed E-state index contributed by atoms with van der Waals surface area (Å²) in [5.74, 6) is 1.52. The van der Waals surface area contributed by atoms with Gasteiger partial charge in [0.15, 0.2) is 0 Å². The number of carbonyl (C=O) groups excluding carboxylic acids is 1. The lowest BCUT2D eigenvalue weighted by Crippen LogP contribution is -2.47. The van der Waals surface area contributed by atoms with Crippen LogP contribution >= 0.6 is 0 Å². The van der Waals surface area contributed by atoms with Crippen molar-refractivity contribution in [2.75, 3.05) is 39.4 Å². The van der Waals surface area contributed by atoms with Crippen LogP contribution in [0, 0.1) is 11.8 Å². The summed E-state index contributed by atoms with van der Waals surface area (Å²) >= 11 is 0. The van der Waals surface area contributed by atoms with E-state index in [0.29, 0.717) is 23.8 Å². The van der Waals surface area contributed by atoms with Crippen LogP contribution in [0.4, 0.5) is 0 Å². The molecular formula is C19H27N3O2. The van der Waals surface area contributed by atoms with Crippen molar-refractivity contribution in [2.45, 2.75) is 31.7 Å². The van der Waals surface area contributed by atoms with Crippen molar-refractivity contribution in [2.24, 2.45) is 11.8 Å². The second-order valence-electron chi connectivity index (χ2n) is 7.36. The third-order valence-electron chi connectivity index (χ3n) is 5.98. The Labute approximate surface area is 144 Å². The Balaban J connectivity index is 1.39. The number of pyridine rings is 1. The number of carbonyl (C=O) groups is 1. The monoisotopic (exact) mass is 329 g/mol. The first-order valence-corrected chi connectivity index (χ1v) is 9.28. The van der Waals surface area contributed by atoms with Gasteiger partial charge >= 0.3 is 0 Å². The molecule has 0 spiro atoms. The zero-order valence-electron chi connectivity index (χ0n) is 14.4. The van der Waals surface area contributed by atoms with Crippen molar-refractivity contribution in [3.63, 3.8) is 0 Å². The largest absolute Gasteiger partial charge is 0.379 e. The number of rotatable bonds is 4. The van der Waals surface area contributed by atoms with Crippen LogP contribution in [0.25, 0.3) is 0 Å². The van der Waals surface area contributed by atoms with Gasteiger partial charge < -0.3 is 9.64 Å². The molecule has 0 bridgehead atoms. The number of nitrogens with zero attached hydrogens (tertiary/aromatic N) is 3. The third kappa shape index (κ3) is 3.07. The van der Waals surface area contributed by atoms with Crippen LogP contribution in [0.3, 0.4) is 0 Å². The molecule has 3 fully saturated rings. The number of morpholine rings is 1. The molecule has 0 unspecified atom stereocenters. The molecule has 4 atom stereocenters. The fourth-order valence-electron chi connectivity index (χ4n) is 4.42. The van der Waals surface area contributed by atoms with Crippen molar-refractivity contribution in [1.29, 1.82) is 0 Å². The van der Waals surface area contributed by atoms with Crippen molar-refractivity contribution in [1.82, 2.24) is 14.8 Å². The van der Waals surface area contributed by atoms with Crippen LogP contribution in [-0.2, 0) is 9.53 Å². The van der Waals surface area contributed by atoms with E-state index in [1.54, 1.807) is 6.20 Å². The molecule has 130 valence electrons. The second-order valence-corrected chi connectivity index (χ2v) is 7.36. The van der Waals surface area contributed by atoms with Gasteiger partial charge in [-0.1, -0.05) is 19.4 Å². The molecule has 24 heavy (non-hydrogen) atoms. The smallest absolute Gasteiger partial charge is 0.226 e. The van der Waals surface area contributed by atoms with E-state index in [2.05, 4.69) is 27.8 Å². The zero-order valence-corrected chi connectivity index (χ0v) is 14.4. The summed E-state index contributed by atoms with van der Waals surface area (Å²) in [7, 11) is 0. The molecule has 0 N–H and O–H groups in total. The summed E-state index contributed by atoms with van der Waals surface area (Å²) in [6.07, 6.45) is 5.83. The first kappa shape index (κ1) is 16.0. The molecule has 5 heteroatoms. The Morgan fingerprint density at radius 2 is 2.17 bits per heavy atom. The van der Waals surface area contributed by atoms with Crippen molar-refractivity contribution < 1.29 is 9.53 Å². The highest BCUT2D eigenvalue weighted by atomic mass is 16.5. The molecule has 2 saturated heterocycles. The second kappa shape index (κ2) is 6.81. The maximum Gasteiger partial charge on any atom is 0.226 e. The van der Waals surface area contributed by atoms with E-state index in [0.717, 1.165) is 52.2 Å². The SMILES string of the molecule is CC[C@@H]1CN(C(=O)[C@@H]2C[C@H]2c2cccnc2)C[C@H]1N1CCOCC1. The molecule has 1 amide bonds. The molecule has 1 aromatic heterocycles. The molecule has 3 heterocycles. The van der Waals surface area contributed by atoms with Crippen molar-refractivity contribution >= 4 is 5.91 Å². The average Bonchev–Trinajstić information content (AvgIpc) is 3.33. The minimum atomic E-state index is 0.176. The molecule has 3 aliphatic rings. The predicted octanol–water partition coefficient (Wildman–Crippen LogP) is 1.75. The topological polar surface area (TPSA) is 45.7 Å². The Kier molecular flexibility index (Phi) is 4.55. The highest BCUT2D eigenvalue weighted by molar-refractivity contribution is 5.83. The summed E-state index contributed by atoms with van der Waals surface area (Å²) in [6, 6.07) is 4.57. The Bertz CT molecular complexity index is 573. The van der Waals surface area contributed by atoms with E-state index >= 15 is 0 Å². The van der Waals surface area contributed by atoms with E-state index < -0.39 is 0 Å². The van der Waals surface area contributed by atoms with Crippen LogP contribution in [0.15, 0.2) is 24.5 Å². The standard InChI is InChI=1S/C19H27N3O2/c1-2-14-12-22(13-18(14)21-6-8-24-9-7-21)19(23)17-10-16(17)15-4-3-5-20-11-15/h3-5,11,14,16-18H,2,6-10,12-13H2,1H3/t14-,16+,17-,18-/m1/s1. The number of ether oxygens (including phenoxy) is 1. The normalized spacial score (nSPS) is 33.6. The van der Waals surface area contributed by atoms with Crippen LogP contribution in [0.2, 0.25) is 0 Å².